The highest BCUT2D eigenvalue weighted by molar-refractivity contribution is 5.80. The van der Waals surface area contributed by atoms with Crippen molar-refractivity contribution < 1.29 is 4.39 Å². The monoisotopic (exact) mass is 344 g/mol. The number of aromatic nitrogens is 3. The summed E-state index contributed by atoms with van der Waals surface area (Å²) in [6, 6.07) is 5.23. The number of rotatable bonds is 4. The molecule has 1 aliphatic rings. The van der Waals surface area contributed by atoms with Gasteiger partial charge in [-0.1, -0.05) is 12.1 Å². The fraction of sp³-hybridized carbons (Fsp3) is 0.500. The predicted octanol–water partition coefficient (Wildman–Crippen LogP) is 2.49. The molecule has 2 aromatic rings. The number of aliphatic imine (C=N–C) groups is 1. The molecule has 1 atom stereocenters. The first-order valence-corrected chi connectivity index (χ1v) is 8.72. The molecule has 7 heteroatoms. The summed E-state index contributed by atoms with van der Waals surface area (Å²) in [4.78, 5) is 4.25. The van der Waals surface area contributed by atoms with Crippen LogP contribution in [0.25, 0.3) is 0 Å². The van der Waals surface area contributed by atoms with Crippen molar-refractivity contribution in [2.24, 2.45) is 4.99 Å². The van der Waals surface area contributed by atoms with Crippen LogP contribution in [0.2, 0.25) is 0 Å². The Labute approximate surface area is 147 Å². The number of hydrogen-bond donors (Lipinski definition) is 2. The van der Waals surface area contributed by atoms with Gasteiger partial charge in [-0.05, 0) is 43.9 Å². The molecule has 0 fully saturated rings. The van der Waals surface area contributed by atoms with Crippen LogP contribution in [0.5, 0.6) is 0 Å². The summed E-state index contributed by atoms with van der Waals surface area (Å²) >= 11 is 0. The third-order valence-corrected chi connectivity index (χ3v) is 4.62. The fourth-order valence-electron chi connectivity index (χ4n) is 3.02. The van der Waals surface area contributed by atoms with Crippen LogP contribution < -0.4 is 10.6 Å². The molecule has 1 aliphatic heterocycles. The lowest BCUT2D eigenvalue weighted by molar-refractivity contribution is 0.504. The molecular formula is C18H25FN6. The first kappa shape index (κ1) is 17.4. The smallest absolute Gasteiger partial charge is 0.191 e. The molecule has 0 aliphatic carbocycles. The molecule has 1 unspecified atom stereocenters. The van der Waals surface area contributed by atoms with E-state index in [0.29, 0.717) is 18.1 Å². The molecule has 1 aromatic carbocycles. The van der Waals surface area contributed by atoms with Gasteiger partial charge < -0.3 is 15.2 Å². The summed E-state index contributed by atoms with van der Waals surface area (Å²) in [6.45, 7) is 5.28. The molecule has 25 heavy (non-hydrogen) atoms. The molecule has 0 saturated heterocycles. The van der Waals surface area contributed by atoms with Gasteiger partial charge in [-0.3, -0.25) is 4.99 Å². The lowest BCUT2D eigenvalue weighted by Gasteiger charge is -2.19. The zero-order chi connectivity index (χ0) is 17.8. The second-order valence-electron chi connectivity index (χ2n) is 6.44. The van der Waals surface area contributed by atoms with Crippen LogP contribution in [0.15, 0.2) is 23.2 Å². The summed E-state index contributed by atoms with van der Waals surface area (Å²) in [6.07, 6.45) is 3.34. The Morgan fingerprint density at radius 1 is 1.36 bits per heavy atom. The minimum atomic E-state index is -0.191. The number of benzene rings is 1. The number of nitrogens with one attached hydrogen (secondary N) is 2. The lowest BCUT2D eigenvalue weighted by Crippen LogP contribution is -2.39. The predicted molar refractivity (Wildman–Crippen MR) is 95.8 cm³/mol. The van der Waals surface area contributed by atoms with Crippen molar-refractivity contribution in [1.29, 1.82) is 0 Å². The summed E-state index contributed by atoms with van der Waals surface area (Å²) in [5.74, 6) is 2.45. The average Bonchev–Trinajstić information content (AvgIpc) is 3.04. The highest BCUT2D eigenvalue weighted by atomic mass is 19.1. The third-order valence-electron chi connectivity index (χ3n) is 4.62. The van der Waals surface area contributed by atoms with Crippen molar-refractivity contribution in [2.75, 3.05) is 7.05 Å². The molecule has 2 N–H and O–H groups in total. The molecule has 134 valence electrons. The largest absolute Gasteiger partial charge is 0.350 e. The van der Waals surface area contributed by atoms with E-state index >= 15 is 0 Å². The first-order valence-electron chi connectivity index (χ1n) is 8.72. The quantitative estimate of drug-likeness (QED) is 0.661. The zero-order valence-electron chi connectivity index (χ0n) is 15.0. The van der Waals surface area contributed by atoms with Gasteiger partial charge in [0, 0.05) is 20.0 Å². The van der Waals surface area contributed by atoms with E-state index in [-0.39, 0.29) is 11.9 Å². The van der Waals surface area contributed by atoms with Crippen molar-refractivity contribution in [1.82, 2.24) is 25.4 Å². The molecule has 0 spiro atoms. The minimum Gasteiger partial charge on any atom is -0.350 e. The number of nitrogens with zero attached hydrogens (tertiary/aromatic N) is 4. The zero-order valence-corrected chi connectivity index (χ0v) is 15.0. The van der Waals surface area contributed by atoms with Gasteiger partial charge in [0.1, 0.15) is 11.6 Å². The highest BCUT2D eigenvalue weighted by Crippen LogP contribution is 2.16. The molecule has 6 nitrogen and oxygen atoms in total. The van der Waals surface area contributed by atoms with Gasteiger partial charge in [0.2, 0.25) is 0 Å². The van der Waals surface area contributed by atoms with Crippen molar-refractivity contribution in [3.05, 3.63) is 46.8 Å². The van der Waals surface area contributed by atoms with E-state index in [9.17, 15) is 4.39 Å². The van der Waals surface area contributed by atoms with E-state index in [1.807, 2.05) is 13.0 Å². The van der Waals surface area contributed by atoms with E-state index < -0.39 is 0 Å². The normalized spacial score (nSPS) is 15.6. The highest BCUT2D eigenvalue weighted by Gasteiger charge is 2.16. The van der Waals surface area contributed by atoms with Crippen LogP contribution in [0.3, 0.4) is 0 Å². The standard InChI is InChI=1S/C18H25FN6/c1-12-7-8-14(10-15(12)19)13(2)22-18(20-3)21-11-17-24-23-16-6-4-5-9-25(16)17/h7-8,10,13H,4-6,9,11H2,1-3H3,(H2,20,21,22). The van der Waals surface area contributed by atoms with Crippen molar-refractivity contribution in [3.8, 4) is 0 Å². The summed E-state index contributed by atoms with van der Waals surface area (Å²) < 4.78 is 15.9. The van der Waals surface area contributed by atoms with Gasteiger partial charge in [0.25, 0.3) is 0 Å². The topological polar surface area (TPSA) is 67.1 Å². The summed E-state index contributed by atoms with van der Waals surface area (Å²) in [7, 11) is 1.72. The van der Waals surface area contributed by atoms with E-state index in [1.54, 1.807) is 26.1 Å². The van der Waals surface area contributed by atoms with Crippen molar-refractivity contribution in [2.45, 2.75) is 52.2 Å². The van der Waals surface area contributed by atoms with Crippen LogP contribution in [0, 0.1) is 12.7 Å². The molecule has 0 radical (unpaired) electrons. The van der Waals surface area contributed by atoms with Crippen molar-refractivity contribution in [3.63, 3.8) is 0 Å². The minimum absolute atomic E-state index is 0.0615. The first-order chi connectivity index (χ1) is 12.1. The Hall–Kier alpha value is -2.44. The maximum absolute atomic E-state index is 13.8. The van der Waals surface area contributed by atoms with Gasteiger partial charge in [0.05, 0.1) is 12.6 Å². The molecular weight excluding hydrogens is 319 g/mol. The Morgan fingerprint density at radius 2 is 2.20 bits per heavy atom. The van der Waals surface area contributed by atoms with E-state index in [0.717, 1.165) is 30.2 Å². The van der Waals surface area contributed by atoms with Crippen LogP contribution in [-0.4, -0.2) is 27.8 Å². The van der Waals surface area contributed by atoms with Crippen LogP contribution in [-0.2, 0) is 19.5 Å². The van der Waals surface area contributed by atoms with Crippen LogP contribution in [0.1, 0.15) is 48.6 Å². The molecule has 0 bridgehead atoms. The Morgan fingerprint density at radius 3 is 2.96 bits per heavy atom. The maximum Gasteiger partial charge on any atom is 0.191 e. The third kappa shape index (κ3) is 3.97. The van der Waals surface area contributed by atoms with Crippen LogP contribution >= 0.6 is 0 Å². The number of hydrogen-bond acceptors (Lipinski definition) is 3. The van der Waals surface area contributed by atoms with E-state index in [1.165, 1.54) is 12.8 Å². The number of guanidine groups is 1. The number of halogens is 1. The SMILES string of the molecule is CN=C(NCc1nnc2n1CCCC2)NC(C)c1ccc(C)c(F)c1. The Kier molecular flexibility index (Phi) is 5.31. The van der Waals surface area contributed by atoms with Crippen molar-refractivity contribution >= 4 is 5.96 Å². The van der Waals surface area contributed by atoms with E-state index in [4.69, 9.17) is 0 Å². The Bertz CT molecular complexity index is 767. The number of aryl methyl sites for hydroxylation is 2. The van der Waals surface area contributed by atoms with Gasteiger partial charge in [-0.25, -0.2) is 4.39 Å². The van der Waals surface area contributed by atoms with Gasteiger partial charge in [-0.2, -0.15) is 0 Å². The lowest BCUT2D eigenvalue weighted by atomic mass is 10.1. The van der Waals surface area contributed by atoms with Gasteiger partial charge in [0.15, 0.2) is 11.8 Å². The molecule has 0 amide bonds. The number of fused-ring (bicyclic) bond motifs is 1. The van der Waals surface area contributed by atoms with Gasteiger partial charge in [-0.15, -0.1) is 10.2 Å². The summed E-state index contributed by atoms with van der Waals surface area (Å²) in [5, 5.41) is 15.1. The average molecular weight is 344 g/mol. The van der Waals surface area contributed by atoms with Crippen LogP contribution in [0.4, 0.5) is 4.39 Å². The molecule has 0 saturated carbocycles. The summed E-state index contributed by atoms with van der Waals surface area (Å²) in [5.41, 5.74) is 1.53. The molecule has 2 heterocycles. The second-order valence-corrected chi connectivity index (χ2v) is 6.44. The van der Waals surface area contributed by atoms with Gasteiger partial charge >= 0.3 is 0 Å². The maximum atomic E-state index is 13.8. The van der Waals surface area contributed by atoms with E-state index in [2.05, 4.69) is 30.4 Å². The molecule has 3 rings (SSSR count). The fourth-order valence-corrected chi connectivity index (χ4v) is 3.02. The molecule has 1 aromatic heterocycles. The Balaban J connectivity index is 1.61. The second kappa shape index (κ2) is 7.63.